The van der Waals surface area contributed by atoms with Gasteiger partial charge in [0.05, 0.1) is 0 Å². The minimum Gasteiger partial charge on any atom is -0.402 e. The van der Waals surface area contributed by atoms with E-state index in [4.69, 9.17) is 4.43 Å². The molecule has 20 heavy (non-hydrogen) atoms. The van der Waals surface area contributed by atoms with Gasteiger partial charge in [-0.2, -0.15) is 0 Å². The quantitative estimate of drug-likeness (QED) is 0.525. The van der Waals surface area contributed by atoms with Crippen molar-refractivity contribution in [3.63, 3.8) is 0 Å². The molecule has 1 atom stereocenters. The van der Waals surface area contributed by atoms with Crippen molar-refractivity contribution in [3.8, 4) is 0 Å². The van der Waals surface area contributed by atoms with E-state index in [0.717, 1.165) is 19.3 Å². The molecule has 1 unspecified atom stereocenters. The van der Waals surface area contributed by atoms with Crippen molar-refractivity contribution in [1.82, 2.24) is 0 Å². The molecule has 1 fully saturated rings. The summed E-state index contributed by atoms with van der Waals surface area (Å²) in [4.78, 5) is 12.7. The zero-order chi connectivity index (χ0) is 15.1. The molecule has 1 rings (SSSR count). The molecule has 1 aliphatic rings. The lowest BCUT2D eigenvalue weighted by Gasteiger charge is -2.36. The molecule has 0 aromatic rings. The Balaban J connectivity index is 2.81. The van der Waals surface area contributed by atoms with Crippen LogP contribution in [-0.2, 0) is 9.22 Å². The Morgan fingerprint density at radius 1 is 1.00 bits per heavy atom. The maximum atomic E-state index is 12.7. The molecule has 0 N–H and O–H groups in total. The fraction of sp³-hybridized carbons (Fsp3) is 0.824. The maximum Gasteiger partial charge on any atom is 0.185 e. The summed E-state index contributed by atoms with van der Waals surface area (Å²) in [6.07, 6.45) is 12.9. The molecule has 0 amide bonds. The standard InChI is InChI=1S/C17H32O2Si/c1-5-17(19-20(2,3)4)15-13-11-9-7-6-8-10-12-14-16(17)18/h5H,1,6-15H2,2-4H3. The number of rotatable bonds is 3. The monoisotopic (exact) mass is 296 g/mol. The highest BCUT2D eigenvalue weighted by atomic mass is 28.4. The number of carbonyl (C=O) groups is 1. The molecular formula is C17H32O2Si. The molecule has 3 heteroatoms. The summed E-state index contributed by atoms with van der Waals surface area (Å²) in [5.74, 6) is 0.260. The number of Topliss-reactive ketones (excluding diaryl/α,β-unsaturated/α-hetero) is 1. The van der Waals surface area contributed by atoms with Gasteiger partial charge < -0.3 is 4.43 Å². The molecule has 0 radical (unpaired) electrons. The van der Waals surface area contributed by atoms with E-state index in [-0.39, 0.29) is 5.78 Å². The largest absolute Gasteiger partial charge is 0.402 e. The molecule has 116 valence electrons. The van der Waals surface area contributed by atoms with Gasteiger partial charge in [-0.1, -0.05) is 51.2 Å². The lowest BCUT2D eigenvalue weighted by molar-refractivity contribution is -0.132. The van der Waals surface area contributed by atoms with Crippen LogP contribution in [0.1, 0.15) is 64.2 Å². The summed E-state index contributed by atoms with van der Waals surface area (Å²) in [6.45, 7) is 10.4. The topological polar surface area (TPSA) is 26.3 Å². The van der Waals surface area contributed by atoms with E-state index in [0.29, 0.717) is 6.42 Å². The molecule has 0 aromatic heterocycles. The number of hydrogen-bond acceptors (Lipinski definition) is 2. The van der Waals surface area contributed by atoms with E-state index in [1.54, 1.807) is 6.08 Å². The van der Waals surface area contributed by atoms with Crippen LogP contribution in [0.3, 0.4) is 0 Å². The van der Waals surface area contributed by atoms with E-state index in [2.05, 4.69) is 26.2 Å². The van der Waals surface area contributed by atoms with Crippen LogP contribution in [0.25, 0.3) is 0 Å². The Hall–Kier alpha value is -0.413. The Morgan fingerprint density at radius 2 is 1.50 bits per heavy atom. The number of hydrogen-bond donors (Lipinski definition) is 0. The molecule has 1 aliphatic carbocycles. The first-order valence-electron chi connectivity index (χ1n) is 8.27. The Bertz CT molecular complexity index is 319. The predicted octanol–water partition coefficient (Wildman–Crippen LogP) is 5.25. The van der Waals surface area contributed by atoms with Gasteiger partial charge in [-0.05, 0) is 38.9 Å². The summed E-state index contributed by atoms with van der Waals surface area (Å²) in [5.41, 5.74) is -0.705. The zero-order valence-electron chi connectivity index (χ0n) is 13.7. The van der Waals surface area contributed by atoms with Gasteiger partial charge in [0.25, 0.3) is 0 Å². The van der Waals surface area contributed by atoms with Crippen molar-refractivity contribution in [2.45, 2.75) is 89.5 Å². The van der Waals surface area contributed by atoms with Crippen molar-refractivity contribution < 1.29 is 9.22 Å². The van der Waals surface area contributed by atoms with E-state index in [1.807, 2.05) is 0 Å². The van der Waals surface area contributed by atoms with Crippen LogP contribution < -0.4 is 0 Å². The third-order valence-corrected chi connectivity index (χ3v) is 4.97. The summed E-state index contributed by atoms with van der Waals surface area (Å²) in [5, 5.41) is 0. The van der Waals surface area contributed by atoms with Gasteiger partial charge in [0.15, 0.2) is 14.1 Å². The van der Waals surface area contributed by atoms with Crippen LogP contribution in [0, 0.1) is 0 Å². The Labute approximate surface area is 126 Å². The van der Waals surface area contributed by atoms with Crippen LogP contribution in [0.4, 0.5) is 0 Å². The molecule has 0 saturated heterocycles. The van der Waals surface area contributed by atoms with E-state index in [9.17, 15) is 4.79 Å². The van der Waals surface area contributed by atoms with Crippen LogP contribution in [0.2, 0.25) is 19.6 Å². The second kappa shape index (κ2) is 8.13. The van der Waals surface area contributed by atoms with E-state index in [1.165, 1.54) is 38.5 Å². The first-order chi connectivity index (χ1) is 9.40. The summed E-state index contributed by atoms with van der Waals surface area (Å²) >= 11 is 0. The van der Waals surface area contributed by atoms with Gasteiger partial charge in [0.1, 0.15) is 5.60 Å². The molecule has 0 aromatic carbocycles. The summed E-state index contributed by atoms with van der Waals surface area (Å²) in [7, 11) is -1.76. The first-order valence-corrected chi connectivity index (χ1v) is 11.7. The Morgan fingerprint density at radius 3 is 2.00 bits per heavy atom. The van der Waals surface area contributed by atoms with Gasteiger partial charge in [-0.25, -0.2) is 0 Å². The molecule has 0 aliphatic heterocycles. The summed E-state index contributed by atoms with van der Waals surface area (Å²) in [6, 6.07) is 0. The van der Waals surface area contributed by atoms with Crippen molar-refractivity contribution in [2.75, 3.05) is 0 Å². The third-order valence-electron chi connectivity index (χ3n) is 3.99. The fourth-order valence-electron chi connectivity index (χ4n) is 3.00. The second-order valence-electron chi connectivity index (χ2n) is 7.06. The Kier molecular flexibility index (Phi) is 7.17. The molecular weight excluding hydrogens is 264 g/mol. The number of ketones is 1. The van der Waals surface area contributed by atoms with Crippen molar-refractivity contribution in [2.24, 2.45) is 0 Å². The van der Waals surface area contributed by atoms with Crippen molar-refractivity contribution in [3.05, 3.63) is 12.7 Å². The van der Waals surface area contributed by atoms with Gasteiger partial charge >= 0.3 is 0 Å². The summed E-state index contributed by atoms with van der Waals surface area (Å²) < 4.78 is 6.30. The molecule has 0 bridgehead atoms. The molecule has 1 saturated carbocycles. The maximum absolute atomic E-state index is 12.7. The van der Waals surface area contributed by atoms with Gasteiger partial charge in [-0.15, -0.1) is 0 Å². The molecule has 0 heterocycles. The van der Waals surface area contributed by atoms with E-state index < -0.39 is 13.9 Å². The average Bonchev–Trinajstić information content (AvgIpc) is 2.36. The SMILES string of the molecule is C=CC1(O[Si](C)(C)C)CCCCCCCCCCC1=O. The highest BCUT2D eigenvalue weighted by Gasteiger charge is 2.38. The van der Waals surface area contributed by atoms with Gasteiger partial charge in [0, 0.05) is 6.42 Å². The van der Waals surface area contributed by atoms with Crippen LogP contribution >= 0.6 is 0 Å². The number of carbonyl (C=O) groups excluding carboxylic acids is 1. The van der Waals surface area contributed by atoms with Gasteiger partial charge in [0.2, 0.25) is 0 Å². The lowest BCUT2D eigenvalue weighted by Crippen LogP contribution is -2.47. The zero-order valence-corrected chi connectivity index (χ0v) is 14.7. The van der Waals surface area contributed by atoms with Crippen LogP contribution in [0.5, 0.6) is 0 Å². The lowest BCUT2D eigenvalue weighted by atomic mass is 9.88. The highest BCUT2D eigenvalue weighted by molar-refractivity contribution is 6.70. The second-order valence-corrected chi connectivity index (χ2v) is 11.5. The van der Waals surface area contributed by atoms with Crippen LogP contribution in [0.15, 0.2) is 12.7 Å². The smallest absolute Gasteiger partial charge is 0.185 e. The van der Waals surface area contributed by atoms with Gasteiger partial charge in [-0.3, -0.25) is 4.79 Å². The fourth-order valence-corrected chi connectivity index (χ4v) is 4.39. The minimum absolute atomic E-state index is 0.260. The molecule has 2 nitrogen and oxygen atoms in total. The molecule has 0 spiro atoms. The normalized spacial score (nSPS) is 27.4. The average molecular weight is 297 g/mol. The minimum atomic E-state index is -1.76. The van der Waals surface area contributed by atoms with Crippen molar-refractivity contribution >= 4 is 14.1 Å². The highest BCUT2D eigenvalue weighted by Crippen LogP contribution is 2.30. The van der Waals surface area contributed by atoms with Crippen LogP contribution in [-0.4, -0.2) is 19.7 Å². The van der Waals surface area contributed by atoms with Crippen molar-refractivity contribution in [1.29, 1.82) is 0 Å². The van der Waals surface area contributed by atoms with E-state index >= 15 is 0 Å². The predicted molar refractivity (Wildman–Crippen MR) is 88.5 cm³/mol. The third kappa shape index (κ3) is 5.92. The first kappa shape index (κ1) is 17.6.